The Morgan fingerprint density at radius 1 is 1.08 bits per heavy atom. The first kappa shape index (κ1) is 19.0. The second kappa shape index (κ2) is 7.25. The molecule has 2 rings (SSSR count). The van der Waals surface area contributed by atoms with Gasteiger partial charge in [-0.3, -0.25) is 14.4 Å². The first-order valence-corrected chi connectivity index (χ1v) is 8.57. The number of rotatable bonds is 5. The SMILES string of the molecule is CC(C)(C)NC(=O)c1ccc(NC(=O)CC2(C(=O)O)CCCC2)cc1. The number of carboxylic acids is 1. The van der Waals surface area contributed by atoms with E-state index in [9.17, 15) is 19.5 Å². The third kappa shape index (κ3) is 5.05. The van der Waals surface area contributed by atoms with Gasteiger partial charge in [0.2, 0.25) is 5.91 Å². The van der Waals surface area contributed by atoms with Crippen LogP contribution < -0.4 is 10.6 Å². The zero-order chi connectivity index (χ0) is 18.7. The Bertz CT molecular complexity index is 653. The van der Waals surface area contributed by atoms with Crippen LogP contribution in [0.5, 0.6) is 0 Å². The monoisotopic (exact) mass is 346 g/mol. The molecule has 136 valence electrons. The Labute approximate surface area is 148 Å². The van der Waals surface area contributed by atoms with Gasteiger partial charge in [-0.25, -0.2) is 0 Å². The minimum absolute atomic E-state index is 0.0193. The maximum Gasteiger partial charge on any atom is 0.310 e. The summed E-state index contributed by atoms with van der Waals surface area (Å²) in [4.78, 5) is 35.8. The zero-order valence-electron chi connectivity index (χ0n) is 15.0. The number of aliphatic carboxylic acids is 1. The molecule has 3 N–H and O–H groups in total. The van der Waals surface area contributed by atoms with Gasteiger partial charge in [-0.2, -0.15) is 0 Å². The number of hydrogen-bond acceptors (Lipinski definition) is 3. The van der Waals surface area contributed by atoms with Crippen molar-refractivity contribution in [1.29, 1.82) is 0 Å². The highest BCUT2D eigenvalue weighted by Crippen LogP contribution is 2.41. The summed E-state index contributed by atoms with van der Waals surface area (Å²) in [5, 5.41) is 15.0. The van der Waals surface area contributed by atoms with Crippen molar-refractivity contribution in [1.82, 2.24) is 5.32 Å². The molecule has 0 saturated heterocycles. The summed E-state index contributed by atoms with van der Waals surface area (Å²) in [5.41, 5.74) is -0.200. The molecule has 1 aliphatic carbocycles. The molecule has 0 radical (unpaired) electrons. The van der Waals surface area contributed by atoms with Crippen molar-refractivity contribution in [3.63, 3.8) is 0 Å². The maximum absolute atomic E-state index is 12.2. The lowest BCUT2D eigenvalue weighted by atomic mass is 9.82. The maximum atomic E-state index is 12.2. The molecule has 0 spiro atoms. The van der Waals surface area contributed by atoms with Crippen molar-refractivity contribution in [3.05, 3.63) is 29.8 Å². The summed E-state index contributed by atoms with van der Waals surface area (Å²) < 4.78 is 0. The van der Waals surface area contributed by atoms with E-state index in [1.807, 2.05) is 20.8 Å². The van der Waals surface area contributed by atoms with Crippen LogP contribution in [0.15, 0.2) is 24.3 Å². The Balaban J connectivity index is 1.98. The van der Waals surface area contributed by atoms with Crippen LogP contribution in [0, 0.1) is 5.41 Å². The zero-order valence-corrected chi connectivity index (χ0v) is 15.0. The molecule has 0 heterocycles. The molecule has 1 aromatic rings. The molecule has 2 amide bonds. The fourth-order valence-electron chi connectivity index (χ4n) is 3.15. The summed E-state index contributed by atoms with van der Waals surface area (Å²) >= 11 is 0. The largest absolute Gasteiger partial charge is 0.481 e. The first-order chi connectivity index (χ1) is 11.6. The molecular formula is C19H26N2O4. The van der Waals surface area contributed by atoms with Crippen LogP contribution >= 0.6 is 0 Å². The predicted octanol–water partition coefficient (Wildman–Crippen LogP) is 3.19. The predicted molar refractivity (Wildman–Crippen MR) is 95.4 cm³/mol. The molecular weight excluding hydrogens is 320 g/mol. The average molecular weight is 346 g/mol. The van der Waals surface area contributed by atoms with Crippen LogP contribution in [0.1, 0.15) is 63.2 Å². The van der Waals surface area contributed by atoms with E-state index in [4.69, 9.17) is 0 Å². The van der Waals surface area contributed by atoms with E-state index < -0.39 is 11.4 Å². The van der Waals surface area contributed by atoms with E-state index in [1.165, 1.54) is 0 Å². The lowest BCUT2D eigenvalue weighted by molar-refractivity contribution is -0.150. The number of carbonyl (C=O) groups excluding carboxylic acids is 2. The van der Waals surface area contributed by atoms with Crippen LogP contribution in [0.25, 0.3) is 0 Å². The molecule has 0 aliphatic heterocycles. The first-order valence-electron chi connectivity index (χ1n) is 8.57. The fraction of sp³-hybridized carbons (Fsp3) is 0.526. The van der Waals surface area contributed by atoms with Gasteiger partial charge in [-0.05, 0) is 57.9 Å². The van der Waals surface area contributed by atoms with Crippen molar-refractivity contribution in [2.75, 3.05) is 5.32 Å². The van der Waals surface area contributed by atoms with Gasteiger partial charge in [0.05, 0.1) is 5.41 Å². The molecule has 25 heavy (non-hydrogen) atoms. The van der Waals surface area contributed by atoms with Crippen molar-refractivity contribution < 1.29 is 19.5 Å². The molecule has 1 aromatic carbocycles. The molecule has 0 bridgehead atoms. The van der Waals surface area contributed by atoms with E-state index in [1.54, 1.807) is 24.3 Å². The standard InChI is InChI=1S/C19H26N2O4/c1-18(2,3)21-16(23)13-6-8-14(9-7-13)20-15(22)12-19(17(24)25)10-4-5-11-19/h6-9H,4-5,10-12H2,1-3H3,(H,20,22)(H,21,23)(H,24,25). The van der Waals surface area contributed by atoms with Crippen LogP contribution in [0.4, 0.5) is 5.69 Å². The van der Waals surface area contributed by atoms with Crippen LogP contribution in [-0.2, 0) is 9.59 Å². The Hall–Kier alpha value is -2.37. The highest BCUT2D eigenvalue weighted by atomic mass is 16.4. The third-order valence-electron chi connectivity index (χ3n) is 4.43. The van der Waals surface area contributed by atoms with Crippen molar-refractivity contribution >= 4 is 23.5 Å². The average Bonchev–Trinajstić information content (AvgIpc) is 2.96. The summed E-state index contributed by atoms with van der Waals surface area (Å²) in [6, 6.07) is 6.58. The number of carbonyl (C=O) groups is 3. The van der Waals surface area contributed by atoms with E-state index in [0.29, 0.717) is 24.1 Å². The van der Waals surface area contributed by atoms with Gasteiger partial charge in [0.25, 0.3) is 5.91 Å². The van der Waals surface area contributed by atoms with Crippen LogP contribution in [-0.4, -0.2) is 28.4 Å². The summed E-state index contributed by atoms with van der Waals surface area (Å²) in [6.45, 7) is 5.71. The molecule has 1 saturated carbocycles. The van der Waals surface area contributed by atoms with Crippen LogP contribution in [0.2, 0.25) is 0 Å². The van der Waals surface area contributed by atoms with E-state index in [2.05, 4.69) is 10.6 Å². The van der Waals surface area contributed by atoms with Gasteiger partial charge < -0.3 is 15.7 Å². The minimum atomic E-state index is -0.934. The third-order valence-corrected chi connectivity index (χ3v) is 4.43. The number of amides is 2. The normalized spacial score (nSPS) is 16.3. The Morgan fingerprint density at radius 3 is 2.12 bits per heavy atom. The van der Waals surface area contributed by atoms with E-state index >= 15 is 0 Å². The van der Waals surface area contributed by atoms with E-state index in [-0.39, 0.29) is 23.8 Å². The summed E-state index contributed by atoms with van der Waals surface area (Å²) in [7, 11) is 0. The van der Waals surface area contributed by atoms with Crippen molar-refractivity contribution in [3.8, 4) is 0 Å². The van der Waals surface area contributed by atoms with Crippen molar-refractivity contribution in [2.45, 2.75) is 58.4 Å². The minimum Gasteiger partial charge on any atom is -0.481 e. The smallest absolute Gasteiger partial charge is 0.310 e. The lowest BCUT2D eigenvalue weighted by Gasteiger charge is -2.23. The van der Waals surface area contributed by atoms with Gasteiger partial charge in [0, 0.05) is 23.2 Å². The second-order valence-electron chi connectivity index (χ2n) is 7.80. The summed E-state index contributed by atoms with van der Waals surface area (Å²) in [5.74, 6) is -1.38. The number of anilines is 1. The topological polar surface area (TPSA) is 95.5 Å². The molecule has 6 heteroatoms. The molecule has 1 fully saturated rings. The molecule has 0 atom stereocenters. The van der Waals surface area contributed by atoms with Gasteiger partial charge >= 0.3 is 5.97 Å². The van der Waals surface area contributed by atoms with Gasteiger partial charge in [0.15, 0.2) is 0 Å². The van der Waals surface area contributed by atoms with Gasteiger partial charge in [0.1, 0.15) is 0 Å². The molecule has 6 nitrogen and oxygen atoms in total. The number of hydrogen-bond donors (Lipinski definition) is 3. The summed E-state index contributed by atoms with van der Waals surface area (Å²) in [6.07, 6.45) is 2.76. The quantitative estimate of drug-likeness (QED) is 0.763. The van der Waals surface area contributed by atoms with Crippen LogP contribution in [0.3, 0.4) is 0 Å². The number of carboxylic acid groups (broad SMARTS) is 1. The molecule has 0 aromatic heterocycles. The molecule has 0 unspecified atom stereocenters. The van der Waals surface area contributed by atoms with Gasteiger partial charge in [-0.1, -0.05) is 12.8 Å². The molecule has 1 aliphatic rings. The van der Waals surface area contributed by atoms with Crippen molar-refractivity contribution in [2.24, 2.45) is 5.41 Å². The lowest BCUT2D eigenvalue weighted by Crippen LogP contribution is -2.40. The van der Waals surface area contributed by atoms with E-state index in [0.717, 1.165) is 12.8 Å². The number of nitrogens with one attached hydrogen (secondary N) is 2. The van der Waals surface area contributed by atoms with Gasteiger partial charge in [-0.15, -0.1) is 0 Å². The fourth-order valence-corrected chi connectivity index (χ4v) is 3.15. The Kier molecular flexibility index (Phi) is 5.50. The Morgan fingerprint density at radius 2 is 1.64 bits per heavy atom. The number of benzene rings is 1. The highest BCUT2D eigenvalue weighted by molar-refractivity contribution is 5.97. The second-order valence-corrected chi connectivity index (χ2v) is 7.80. The highest BCUT2D eigenvalue weighted by Gasteiger charge is 2.42.